The molecule has 1 aromatic carbocycles. The SMILES string of the molecule is CCN(CC)c1ncc(C(=O)Nc2nc3ccc(NC(=O)CCCCl)cc3n2CCOC)cn1. The van der Waals surface area contributed by atoms with E-state index in [2.05, 4.69) is 25.6 Å². The molecule has 3 aromatic rings. The first-order chi connectivity index (χ1) is 16.5. The number of hydrogen-bond acceptors (Lipinski definition) is 7. The normalized spacial score (nSPS) is 10.9. The molecule has 2 heterocycles. The van der Waals surface area contributed by atoms with E-state index in [0.29, 0.717) is 60.5 Å². The lowest BCUT2D eigenvalue weighted by Gasteiger charge is -2.18. The molecule has 0 atom stereocenters. The van der Waals surface area contributed by atoms with Crippen molar-refractivity contribution in [3.63, 3.8) is 0 Å². The first kappa shape index (κ1) is 25.4. The molecule has 0 bridgehead atoms. The number of aromatic nitrogens is 4. The lowest BCUT2D eigenvalue weighted by molar-refractivity contribution is -0.116. The summed E-state index contributed by atoms with van der Waals surface area (Å²) in [6.45, 7) is 6.48. The van der Waals surface area contributed by atoms with Gasteiger partial charge in [0.15, 0.2) is 0 Å². The van der Waals surface area contributed by atoms with E-state index in [1.165, 1.54) is 12.4 Å². The van der Waals surface area contributed by atoms with E-state index in [0.717, 1.165) is 18.6 Å². The molecular formula is C23H30ClN7O3. The van der Waals surface area contributed by atoms with Gasteiger partial charge in [0, 0.05) is 57.1 Å². The van der Waals surface area contributed by atoms with Gasteiger partial charge >= 0.3 is 0 Å². The number of nitrogens with zero attached hydrogens (tertiary/aromatic N) is 5. The largest absolute Gasteiger partial charge is 0.383 e. The molecule has 0 aliphatic heterocycles. The van der Waals surface area contributed by atoms with E-state index < -0.39 is 0 Å². The number of benzene rings is 1. The fourth-order valence-electron chi connectivity index (χ4n) is 3.44. The highest BCUT2D eigenvalue weighted by Crippen LogP contribution is 2.24. The lowest BCUT2D eigenvalue weighted by atomic mass is 10.2. The number of rotatable bonds is 12. The third-order valence-corrected chi connectivity index (χ3v) is 5.53. The first-order valence-electron chi connectivity index (χ1n) is 11.2. The van der Waals surface area contributed by atoms with E-state index in [4.69, 9.17) is 16.3 Å². The highest BCUT2D eigenvalue weighted by atomic mass is 35.5. The van der Waals surface area contributed by atoms with Gasteiger partial charge in [0.05, 0.1) is 23.2 Å². The molecule has 182 valence electrons. The van der Waals surface area contributed by atoms with E-state index in [9.17, 15) is 9.59 Å². The summed E-state index contributed by atoms with van der Waals surface area (Å²) in [7, 11) is 1.61. The van der Waals surface area contributed by atoms with Crippen molar-refractivity contribution >= 4 is 52.0 Å². The maximum absolute atomic E-state index is 12.9. The number of alkyl halides is 1. The van der Waals surface area contributed by atoms with Gasteiger partial charge in [-0.2, -0.15) is 0 Å². The number of fused-ring (bicyclic) bond motifs is 1. The molecular weight excluding hydrogens is 458 g/mol. The van der Waals surface area contributed by atoms with Crippen LogP contribution >= 0.6 is 11.6 Å². The second-order valence-electron chi connectivity index (χ2n) is 7.52. The van der Waals surface area contributed by atoms with Crippen LogP contribution in [0, 0.1) is 0 Å². The van der Waals surface area contributed by atoms with Crippen LogP contribution in [0.5, 0.6) is 0 Å². The number of carbonyl (C=O) groups excluding carboxylic acids is 2. The van der Waals surface area contributed by atoms with Crippen LogP contribution in [0.4, 0.5) is 17.6 Å². The Morgan fingerprint density at radius 2 is 1.88 bits per heavy atom. The second-order valence-corrected chi connectivity index (χ2v) is 7.90. The van der Waals surface area contributed by atoms with Crippen molar-refractivity contribution in [2.45, 2.75) is 33.2 Å². The van der Waals surface area contributed by atoms with Gasteiger partial charge in [-0.25, -0.2) is 15.0 Å². The molecule has 0 unspecified atom stereocenters. The Morgan fingerprint density at radius 1 is 1.15 bits per heavy atom. The number of ether oxygens (including phenoxy) is 1. The molecule has 2 N–H and O–H groups in total. The van der Waals surface area contributed by atoms with Crippen LogP contribution in [0.25, 0.3) is 11.0 Å². The van der Waals surface area contributed by atoms with Crippen molar-refractivity contribution in [2.24, 2.45) is 0 Å². The van der Waals surface area contributed by atoms with Crippen LogP contribution in [0.1, 0.15) is 37.0 Å². The lowest BCUT2D eigenvalue weighted by Crippen LogP contribution is -2.24. The number of carbonyl (C=O) groups is 2. The molecule has 0 aliphatic rings. The summed E-state index contributed by atoms with van der Waals surface area (Å²) in [5.74, 6) is 0.909. The average Bonchev–Trinajstić information content (AvgIpc) is 3.18. The standard InChI is InChI=1S/C23H30ClN7O3/c1-4-30(5-2)22-25-14-16(15-26-22)21(33)29-23-28-18-9-8-17(27-20(32)7-6-10-24)13-19(18)31(23)11-12-34-3/h8-9,13-15H,4-7,10-12H2,1-3H3,(H,27,32)(H,28,29,33). The van der Waals surface area contributed by atoms with Crippen molar-refractivity contribution in [3.05, 3.63) is 36.2 Å². The van der Waals surface area contributed by atoms with Gasteiger partial charge in [-0.15, -0.1) is 11.6 Å². The summed E-state index contributed by atoms with van der Waals surface area (Å²) >= 11 is 5.67. The number of anilines is 3. The first-order valence-corrected chi connectivity index (χ1v) is 11.8. The number of methoxy groups -OCH3 is 1. The van der Waals surface area contributed by atoms with Crippen molar-refractivity contribution in [1.82, 2.24) is 19.5 Å². The fourth-order valence-corrected chi connectivity index (χ4v) is 3.57. The second kappa shape index (κ2) is 12.3. The van der Waals surface area contributed by atoms with Crippen LogP contribution in [-0.4, -0.2) is 64.0 Å². The highest BCUT2D eigenvalue weighted by molar-refractivity contribution is 6.18. The van der Waals surface area contributed by atoms with E-state index in [1.807, 2.05) is 29.4 Å². The molecule has 0 spiro atoms. The molecule has 2 amide bonds. The zero-order valence-corrected chi connectivity index (χ0v) is 20.4. The molecule has 10 nitrogen and oxygen atoms in total. The Balaban J connectivity index is 1.84. The molecule has 0 radical (unpaired) electrons. The van der Waals surface area contributed by atoms with Crippen LogP contribution in [-0.2, 0) is 16.1 Å². The summed E-state index contributed by atoms with van der Waals surface area (Å²) in [4.78, 5) is 40.2. The Morgan fingerprint density at radius 3 is 2.53 bits per heavy atom. The van der Waals surface area contributed by atoms with Crippen molar-refractivity contribution in [3.8, 4) is 0 Å². The predicted molar refractivity (Wildman–Crippen MR) is 134 cm³/mol. The molecule has 3 rings (SSSR count). The molecule has 0 saturated carbocycles. The van der Waals surface area contributed by atoms with Crippen molar-refractivity contribution < 1.29 is 14.3 Å². The third kappa shape index (κ3) is 6.21. The monoisotopic (exact) mass is 487 g/mol. The fraction of sp³-hybridized carbons (Fsp3) is 0.435. The topological polar surface area (TPSA) is 114 Å². The van der Waals surface area contributed by atoms with Gasteiger partial charge in [0.2, 0.25) is 17.8 Å². The summed E-state index contributed by atoms with van der Waals surface area (Å²) in [6, 6.07) is 5.40. The van der Waals surface area contributed by atoms with Gasteiger partial charge in [0.1, 0.15) is 0 Å². The molecule has 0 fully saturated rings. The maximum Gasteiger partial charge on any atom is 0.261 e. The van der Waals surface area contributed by atoms with Crippen LogP contribution < -0.4 is 15.5 Å². The van der Waals surface area contributed by atoms with Gasteiger partial charge in [-0.1, -0.05) is 0 Å². The number of imidazole rings is 1. The smallest absolute Gasteiger partial charge is 0.261 e. The minimum atomic E-state index is -0.366. The molecule has 11 heteroatoms. The number of halogens is 1. The van der Waals surface area contributed by atoms with Crippen LogP contribution in [0.3, 0.4) is 0 Å². The predicted octanol–water partition coefficient (Wildman–Crippen LogP) is 3.53. The van der Waals surface area contributed by atoms with E-state index in [1.54, 1.807) is 19.2 Å². The average molecular weight is 488 g/mol. The maximum atomic E-state index is 12.9. The highest BCUT2D eigenvalue weighted by Gasteiger charge is 2.17. The van der Waals surface area contributed by atoms with Gasteiger partial charge < -0.3 is 19.5 Å². The Labute approximate surface area is 203 Å². The Hall–Kier alpha value is -3.24. The quantitative estimate of drug-likeness (QED) is 0.375. The summed E-state index contributed by atoms with van der Waals surface area (Å²) < 4.78 is 7.08. The van der Waals surface area contributed by atoms with Crippen LogP contribution in [0.2, 0.25) is 0 Å². The number of nitrogens with one attached hydrogen (secondary N) is 2. The zero-order chi connectivity index (χ0) is 24.5. The number of hydrogen-bond donors (Lipinski definition) is 2. The molecule has 2 aromatic heterocycles. The van der Waals surface area contributed by atoms with E-state index in [-0.39, 0.29) is 11.8 Å². The summed E-state index contributed by atoms with van der Waals surface area (Å²) in [6.07, 6.45) is 3.97. The van der Waals surface area contributed by atoms with Crippen LogP contribution in [0.15, 0.2) is 30.6 Å². The van der Waals surface area contributed by atoms with E-state index >= 15 is 0 Å². The Kier molecular flexibility index (Phi) is 9.17. The van der Waals surface area contributed by atoms with Gasteiger partial charge in [-0.3, -0.25) is 14.9 Å². The van der Waals surface area contributed by atoms with Gasteiger partial charge in [-0.05, 0) is 38.5 Å². The molecule has 34 heavy (non-hydrogen) atoms. The number of amides is 2. The van der Waals surface area contributed by atoms with Crippen molar-refractivity contribution in [2.75, 3.05) is 48.2 Å². The third-order valence-electron chi connectivity index (χ3n) is 5.26. The van der Waals surface area contributed by atoms with Gasteiger partial charge in [0.25, 0.3) is 5.91 Å². The minimum absolute atomic E-state index is 0.107. The molecule has 0 aliphatic carbocycles. The summed E-state index contributed by atoms with van der Waals surface area (Å²) in [5.41, 5.74) is 2.41. The summed E-state index contributed by atoms with van der Waals surface area (Å²) in [5, 5.41) is 5.73. The van der Waals surface area contributed by atoms with Crippen molar-refractivity contribution in [1.29, 1.82) is 0 Å². The zero-order valence-electron chi connectivity index (χ0n) is 19.7. The molecule has 0 saturated heterocycles. The minimum Gasteiger partial charge on any atom is -0.383 e. The Bertz CT molecular complexity index is 1110.